The number of nitrogens with two attached hydrogens (primary N) is 1. The lowest BCUT2D eigenvalue weighted by Gasteiger charge is -2.38. The van der Waals surface area contributed by atoms with E-state index in [0.29, 0.717) is 18.9 Å². The van der Waals surface area contributed by atoms with Gasteiger partial charge in [0, 0.05) is 19.0 Å². The summed E-state index contributed by atoms with van der Waals surface area (Å²) in [6.07, 6.45) is 4.65. The van der Waals surface area contributed by atoms with Crippen LogP contribution < -0.4 is 10.5 Å². The second-order valence-electron chi connectivity index (χ2n) is 7.85. The van der Waals surface area contributed by atoms with Crippen molar-refractivity contribution in [2.45, 2.75) is 50.7 Å². The fraction of sp³-hybridized carbons (Fsp3) is 0.435. The van der Waals surface area contributed by atoms with Gasteiger partial charge < -0.3 is 15.4 Å². The Hall–Kier alpha value is -2.33. The predicted molar refractivity (Wildman–Crippen MR) is 106 cm³/mol. The molecule has 1 unspecified atom stereocenters. The highest BCUT2D eigenvalue weighted by Gasteiger charge is 2.34. The third kappa shape index (κ3) is 3.72. The van der Waals surface area contributed by atoms with E-state index in [0.717, 1.165) is 31.4 Å². The van der Waals surface area contributed by atoms with Gasteiger partial charge in [-0.15, -0.1) is 0 Å². The van der Waals surface area contributed by atoms with Crippen LogP contribution in [0.4, 0.5) is 0 Å². The molecule has 3 atom stereocenters. The summed E-state index contributed by atoms with van der Waals surface area (Å²) < 4.78 is 5.39. The number of benzene rings is 2. The molecule has 2 N–H and O–H groups in total. The van der Waals surface area contributed by atoms with E-state index in [1.165, 1.54) is 16.7 Å². The van der Waals surface area contributed by atoms with Gasteiger partial charge in [-0.2, -0.15) is 0 Å². The van der Waals surface area contributed by atoms with Crippen LogP contribution in [0.3, 0.4) is 0 Å². The molecular formula is C23H28N2O2. The van der Waals surface area contributed by atoms with Gasteiger partial charge in [0.05, 0.1) is 13.2 Å². The SMILES string of the molecule is COc1ccc2c(c1)CN(C(=O)C[C@@H]1CCC[C@H]1N)C(c1ccccc1)C2. The first-order valence-corrected chi connectivity index (χ1v) is 9.91. The summed E-state index contributed by atoms with van der Waals surface area (Å²) in [7, 11) is 1.68. The third-order valence-corrected chi connectivity index (χ3v) is 6.20. The van der Waals surface area contributed by atoms with E-state index in [9.17, 15) is 4.79 Å². The van der Waals surface area contributed by atoms with Gasteiger partial charge in [0.15, 0.2) is 0 Å². The van der Waals surface area contributed by atoms with Gasteiger partial charge in [0.2, 0.25) is 5.91 Å². The minimum atomic E-state index is 0.0808. The molecule has 2 aromatic rings. The molecule has 2 aliphatic rings. The number of fused-ring (bicyclic) bond motifs is 1. The van der Waals surface area contributed by atoms with Crippen molar-refractivity contribution in [1.82, 2.24) is 4.90 Å². The lowest BCUT2D eigenvalue weighted by atomic mass is 9.88. The van der Waals surface area contributed by atoms with Crippen molar-refractivity contribution in [2.24, 2.45) is 11.7 Å². The number of rotatable bonds is 4. The normalized spacial score (nSPS) is 24.5. The van der Waals surface area contributed by atoms with E-state index < -0.39 is 0 Å². The maximum atomic E-state index is 13.3. The van der Waals surface area contributed by atoms with Gasteiger partial charge >= 0.3 is 0 Å². The molecule has 1 amide bonds. The lowest BCUT2D eigenvalue weighted by molar-refractivity contribution is -0.136. The molecule has 1 aliphatic carbocycles. The molecule has 0 bridgehead atoms. The molecule has 0 aromatic heterocycles. The number of methoxy groups -OCH3 is 1. The number of carbonyl (C=O) groups excluding carboxylic acids is 1. The molecular weight excluding hydrogens is 336 g/mol. The zero-order valence-corrected chi connectivity index (χ0v) is 15.9. The molecule has 0 spiro atoms. The molecule has 1 heterocycles. The van der Waals surface area contributed by atoms with Crippen molar-refractivity contribution in [3.05, 3.63) is 65.2 Å². The van der Waals surface area contributed by atoms with Gasteiger partial charge in [-0.1, -0.05) is 42.8 Å². The Morgan fingerprint density at radius 3 is 2.67 bits per heavy atom. The summed E-state index contributed by atoms with van der Waals surface area (Å²) in [6, 6.07) is 16.8. The number of carbonyl (C=O) groups is 1. The van der Waals surface area contributed by atoms with E-state index in [2.05, 4.69) is 41.3 Å². The molecule has 2 aromatic carbocycles. The van der Waals surface area contributed by atoms with Crippen molar-refractivity contribution in [2.75, 3.05) is 7.11 Å². The van der Waals surface area contributed by atoms with Crippen LogP contribution in [0.25, 0.3) is 0 Å². The summed E-state index contributed by atoms with van der Waals surface area (Å²) in [5, 5.41) is 0. The van der Waals surface area contributed by atoms with E-state index in [-0.39, 0.29) is 18.0 Å². The summed E-state index contributed by atoms with van der Waals surface area (Å²) in [5.74, 6) is 1.39. The van der Waals surface area contributed by atoms with Crippen molar-refractivity contribution >= 4 is 5.91 Å². The van der Waals surface area contributed by atoms with E-state index in [1.807, 2.05) is 12.1 Å². The molecule has 27 heavy (non-hydrogen) atoms. The maximum absolute atomic E-state index is 13.3. The average molecular weight is 364 g/mol. The standard InChI is InChI=1S/C23H28N2O2/c1-27-20-11-10-17-13-22(16-6-3-2-4-7-16)25(15-19(17)12-20)23(26)14-18-8-5-9-21(18)24/h2-4,6-7,10-12,18,21-22H,5,8-9,13-15,24H2,1H3/t18-,21+,22?/m0/s1. The monoisotopic (exact) mass is 364 g/mol. The number of ether oxygens (including phenoxy) is 1. The smallest absolute Gasteiger partial charge is 0.223 e. The van der Waals surface area contributed by atoms with Crippen LogP contribution in [-0.2, 0) is 17.8 Å². The van der Waals surface area contributed by atoms with Crippen LogP contribution in [0.2, 0.25) is 0 Å². The largest absolute Gasteiger partial charge is 0.497 e. The molecule has 142 valence electrons. The Morgan fingerprint density at radius 1 is 1.15 bits per heavy atom. The predicted octanol–water partition coefficient (Wildman–Crippen LogP) is 3.84. The fourth-order valence-corrected chi connectivity index (χ4v) is 4.58. The molecule has 0 saturated heterocycles. The first kappa shape index (κ1) is 18.1. The first-order chi connectivity index (χ1) is 13.2. The molecule has 1 saturated carbocycles. The van der Waals surface area contributed by atoms with Gasteiger partial charge in [-0.3, -0.25) is 4.79 Å². The van der Waals surface area contributed by atoms with E-state index in [1.54, 1.807) is 7.11 Å². The Morgan fingerprint density at radius 2 is 1.96 bits per heavy atom. The highest BCUT2D eigenvalue weighted by atomic mass is 16.5. The highest BCUT2D eigenvalue weighted by Crippen LogP contribution is 2.36. The number of hydrogen-bond acceptors (Lipinski definition) is 3. The maximum Gasteiger partial charge on any atom is 0.223 e. The Balaban J connectivity index is 1.63. The lowest BCUT2D eigenvalue weighted by Crippen LogP contribution is -2.40. The van der Waals surface area contributed by atoms with Gasteiger partial charge in [-0.05, 0) is 54.0 Å². The second-order valence-corrected chi connectivity index (χ2v) is 7.85. The van der Waals surface area contributed by atoms with Crippen molar-refractivity contribution in [3.8, 4) is 5.75 Å². The number of amides is 1. The number of hydrogen-bond donors (Lipinski definition) is 1. The summed E-state index contributed by atoms with van der Waals surface area (Å²) >= 11 is 0. The van der Waals surface area contributed by atoms with E-state index in [4.69, 9.17) is 10.5 Å². The van der Waals surface area contributed by atoms with Crippen molar-refractivity contribution in [1.29, 1.82) is 0 Å². The Kier molecular flexibility index (Phi) is 5.17. The van der Waals surface area contributed by atoms with Crippen LogP contribution in [0.5, 0.6) is 5.75 Å². The molecule has 1 fully saturated rings. The zero-order valence-electron chi connectivity index (χ0n) is 15.9. The van der Waals surface area contributed by atoms with Crippen molar-refractivity contribution < 1.29 is 9.53 Å². The fourth-order valence-electron chi connectivity index (χ4n) is 4.58. The number of nitrogens with zero attached hydrogens (tertiary/aromatic N) is 1. The third-order valence-electron chi connectivity index (χ3n) is 6.20. The van der Waals surface area contributed by atoms with Crippen molar-refractivity contribution in [3.63, 3.8) is 0 Å². The zero-order chi connectivity index (χ0) is 18.8. The first-order valence-electron chi connectivity index (χ1n) is 9.91. The minimum absolute atomic E-state index is 0.0808. The van der Waals surface area contributed by atoms with Gasteiger partial charge in [0.1, 0.15) is 5.75 Å². The van der Waals surface area contributed by atoms with Crippen LogP contribution in [0, 0.1) is 5.92 Å². The Labute approximate surface area is 161 Å². The molecule has 4 heteroatoms. The topological polar surface area (TPSA) is 55.6 Å². The quantitative estimate of drug-likeness (QED) is 0.897. The molecule has 4 rings (SSSR count). The summed E-state index contributed by atoms with van der Waals surface area (Å²) in [6.45, 7) is 0.632. The summed E-state index contributed by atoms with van der Waals surface area (Å²) in [5.41, 5.74) is 9.91. The highest BCUT2D eigenvalue weighted by molar-refractivity contribution is 5.77. The molecule has 1 aliphatic heterocycles. The molecule has 4 nitrogen and oxygen atoms in total. The van der Waals surface area contributed by atoms with Crippen LogP contribution in [0.15, 0.2) is 48.5 Å². The van der Waals surface area contributed by atoms with Crippen LogP contribution >= 0.6 is 0 Å². The van der Waals surface area contributed by atoms with Crippen LogP contribution in [-0.4, -0.2) is 24.0 Å². The second kappa shape index (κ2) is 7.73. The minimum Gasteiger partial charge on any atom is -0.497 e. The van der Waals surface area contributed by atoms with Gasteiger partial charge in [0.25, 0.3) is 0 Å². The molecule has 0 radical (unpaired) electrons. The Bertz CT molecular complexity index is 805. The van der Waals surface area contributed by atoms with Crippen LogP contribution in [0.1, 0.15) is 48.4 Å². The summed E-state index contributed by atoms with van der Waals surface area (Å²) in [4.78, 5) is 15.3. The van der Waals surface area contributed by atoms with E-state index >= 15 is 0 Å². The average Bonchev–Trinajstić information content (AvgIpc) is 3.11. The van der Waals surface area contributed by atoms with Gasteiger partial charge in [-0.25, -0.2) is 0 Å².